The summed E-state index contributed by atoms with van der Waals surface area (Å²) in [5.41, 5.74) is 2.48. The Morgan fingerprint density at radius 2 is 2.00 bits per heavy atom. The van der Waals surface area contributed by atoms with Crippen LogP contribution in [0.2, 0.25) is 0 Å². The fourth-order valence-electron chi connectivity index (χ4n) is 2.43. The summed E-state index contributed by atoms with van der Waals surface area (Å²) in [5.74, 6) is 0.860. The SMILES string of the molecule is CCOc1ccc(Cn2cc(CC(O)c3ccccn3)nn2)cc1. The van der Waals surface area contributed by atoms with Gasteiger partial charge in [-0.15, -0.1) is 5.10 Å². The molecule has 0 aliphatic carbocycles. The van der Waals surface area contributed by atoms with E-state index in [1.165, 1.54) is 0 Å². The molecule has 2 aromatic heterocycles. The molecule has 24 heavy (non-hydrogen) atoms. The third-order valence-electron chi connectivity index (χ3n) is 3.60. The first-order chi connectivity index (χ1) is 11.7. The number of benzene rings is 1. The average molecular weight is 324 g/mol. The Hall–Kier alpha value is -2.73. The number of hydrogen-bond donors (Lipinski definition) is 1. The van der Waals surface area contributed by atoms with Crippen molar-refractivity contribution in [1.29, 1.82) is 0 Å². The molecule has 6 heteroatoms. The van der Waals surface area contributed by atoms with Gasteiger partial charge in [0.25, 0.3) is 0 Å². The van der Waals surface area contributed by atoms with Gasteiger partial charge in [0.15, 0.2) is 0 Å². The number of ether oxygens (including phenoxy) is 1. The predicted molar refractivity (Wildman–Crippen MR) is 89.6 cm³/mol. The molecule has 2 heterocycles. The second-order valence-electron chi connectivity index (χ2n) is 5.46. The van der Waals surface area contributed by atoms with Crippen molar-refractivity contribution in [3.05, 3.63) is 71.8 Å². The van der Waals surface area contributed by atoms with Crippen molar-refractivity contribution < 1.29 is 9.84 Å². The predicted octanol–water partition coefficient (Wildman–Crippen LogP) is 2.40. The first kappa shape index (κ1) is 16.1. The molecule has 0 saturated carbocycles. The maximum atomic E-state index is 10.2. The van der Waals surface area contributed by atoms with E-state index in [2.05, 4.69) is 15.3 Å². The highest BCUT2D eigenvalue weighted by molar-refractivity contribution is 5.27. The van der Waals surface area contributed by atoms with Crippen molar-refractivity contribution in [2.45, 2.75) is 26.0 Å². The molecule has 1 N–H and O–H groups in total. The third kappa shape index (κ3) is 4.17. The molecule has 0 aliphatic rings. The van der Waals surface area contributed by atoms with Gasteiger partial charge >= 0.3 is 0 Å². The Kier molecular flexibility index (Phi) is 5.18. The highest BCUT2D eigenvalue weighted by Gasteiger charge is 2.12. The first-order valence-electron chi connectivity index (χ1n) is 7.94. The lowest BCUT2D eigenvalue weighted by atomic mass is 10.1. The molecule has 1 unspecified atom stereocenters. The van der Waals surface area contributed by atoms with E-state index < -0.39 is 6.10 Å². The molecule has 0 bridgehead atoms. The third-order valence-corrected chi connectivity index (χ3v) is 3.60. The zero-order valence-electron chi connectivity index (χ0n) is 13.5. The van der Waals surface area contributed by atoms with Gasteiger partial charge in [0.05, 0.1) is 24.5 Å². The fourth-order valence-corrected chi connectivity index (χ4v) is 2.43. The van der Waals surface area contributed by atoms with Crippen LogP contribution in [0.5, 0.6) is 5.75 Å². The van der Waals surface area contributed by atoms with Crippen LogP contribution in [-0.4, -0.2) is 31.7 Å². The highest BCUT2D eigenvalue weighted by atomic mass is 16.5. The monoisotopic (exact) mass is 324 g/mol. The van der Waals surface area contributed by atoms with Gasteiger partial charge in [0.1, 0.15) is 11.9 Å². The molecule has 0 spiro atoms. The molecule has 124 valence electrons. The second kappa shape index (κ2) is 7.70. The van der Waals surface area contributed by atoms with Crippen LogP contribution in [0.3, 0.4) is 0 Å². The summed E-state index contributed by atoms with van der Waals surface area (Å²) in [6.07, 6.45) is 3.23. The van der Waals surface area contributed by atoms with Gasteiger partial charge in [0, 0.05) is 18.8 Å². The zero-order valence-corrected chi connectivity index (χ0v) is 13.5. The van der Waals surface area contributed by atoms with Gasteiger partial charge in [-0.25, -0.2) is 4.68 Å². The smallest absolute Gasteiger partial charge is 0.119 e. The minimum atomic E-state index is -0.679. The minimum Gasteiger partial charge on any atom is -0.494 e. The quantitative estimate of drug-likeness (QED) is 0.722. The van der Waals surface area contributed by atoms with E-state index in [4.69, 9.17) is 4.74 Å². The number of aliphatic hydroxyl groups is 1. The summed E-state index contributed by atoms with van der Waals surface area (Å²) in [5, 5.41) is 18.4. The first-order valence-corrected chi connectivity index (χ1v) is 7.94. The number of hydrogen-bond acceptors (Lipinski definition) is 5. The molecule has 3 aromatic rings. The summed E-state index contributed by atoms with van der Waals surface area (Å²) in [6.45, 7) is 3.24. The maximum Gasteiger partial charge on any atom is 0.119 e. The Morgan fingerprint density at radius 1 is 1.17 bits per heavy atom. The fraction of sp³-hybridized carbons (Fsp3) is 0.278. The summed E-state index contributed by atoms with van der Waals surface area (Å²) in [6, 6.07) is 13.4. The van der Waals surface area contributed by atoms with E-state index in [9.17, 15) is 5.11 Å². The minimum absolute atomic E-state index is 0.389. The van der Waals surface area contributed by atoms with Crippen LogP contribution in [0.1, 0.15) is 30.0 Å². The number of aromatic nitrogens is 4. The average Bonchev–Trinajstić information content (AvgIpc) is 3.04. The number of nitrogens with zero attached hydrogens (tertiary/aromatic N) is 4. The van der Waals surface area contributed by atoms with Gasteiger partial charge in [-0.2, -0.15) is 0 Å². The van der Waals surface area contributed by atoms with Crippen LogP contribution >= 0.6 is 0 Å². The van der Waals surface area contributed by atoms with E-state index in [0.717, 1.165) is 17.0 Å². The molecular weight excluding hydrogens is 304 g/mol. The molecule has 6 nitrogen and oxygen atoms in total. The van der Waals surface area contributed by atoms with Gasteiger partial charge in [0.2, 0.25) is 0 Å². The van der Waals surface area contributed by atoms with Crippen molar-refractivity contribution in [1.82, 2.24) is 20.0 Å². The Labute approximate surface area is 140 Å². The lowest BCUT2D eigenvalue weighted by Crippen LogP contribution is -2.04. The summed E-state index contributed by atoms with van der Waals surface area (Å²) >= 11 is 0. The molecular formula is C18H20N4O2. The summed E-state index contributed by atoms with van der Waals surface area (Å²) < 4.78 is 7.19. The van der Waals surface area contributed by atoms with Crippen molar-refractivity contribution in [3.63, 3.8) is 0 Å². The molecule has 0 saturated heterocycles. The van der Waals surface area contributed by atoms with E-state index in [1.807, 2.05) is 49.5 Å². The van der Waals surface area contributed by atoms with Crippen molar-refractivity contribution in [2.75, 3.05) is 6.61 Å². The largest absolute Gasteiger partial charge is 0.494 e. The van der Waals surface area contributed by atoms with Gasteiger partial charge in [-0.05, 0) is 36.8 Å². The molecule has 0 amide bonds. The van der Waals surface area contributed by atoms with E-state index >= 15 is 0 Å². The van der Waals surface area contributed by atoms with Crippen molar-refractivity contribution in [2.24, 2.45) is 0 Å². The van der Waals surface area contributed by atoms with Gasteiger partial charge in [-0.1, -0.05) is 23.4 Å². The number of rotatable bonds is 7. The molecule has 1 atom stereocenters. The topological polar surface area (TPSA) is 73.1 Å². The molecule has 1 aromatic carbocycles. The standard InChI is InChI=1S/C18H20N4O2/c1-2-24-16-8-6-14(7-9-16)12-22-13-15(20-21-22)11-18(23)17-5-3-4-10-19-17/h3-10,13,18,23H,2,11-12H2,1H3. The second-order valence-corrected chi connectivity index (χ2v) is 5.46. The van der Waals surface area contributed by atoms with E-state index in [1.54, 1.807) is 16.9 Å². The van der Waals surface area contributed by atoms with Crippen LogP contribution in [0.4, 0.5) is 0 Å². The lowest BCUT2D eigenvalue weighted by Gasteiger charge is -2.07. The molecule has 0 aliphatic heterocycles. The van der Waals surface area contributed by atoms with Crippen molar-refractivity contribution >= 4 is 0 Å². The van der Waals surface area contributed by atoms with Crippen LogP contribution in [0, 0.1) is 0 Å². The summed E-state index contributed by atoms with van der Waals surface area (Å²) in [7, 11) is 0. The molecule has 0 fully saturated rings. The van der Waals surface area contributed by atoms with Gasteiger partial charge < -0.3 is 9.84 Å². The normalized spacial score (nSPS) is 12.1. The van der Waals surface area contributed by atoms with Crippen LogP contribution in [0.15, 0.2) is 54.9 Å². The Balaban J connectivity index is 1.61. The van der Waals surface area contributed by atoms with E-state index in [-0.39, 0.29) is 0 Å². The zero-order chi connectivity index (χ0) is 16.8. The summed E-state index contributed by atoms with van der Waals surface area (Å²) in [4.78, 5) is 4.16. The number of pyridine rings is 1. The Bertz CT molecular complexity index is 756. The number of aliphatic hydroxyl groups excluding tert-OH is 1. The molecule has 0 radical (unpaired) electrons. The van der Waals surface area contributed by atoms with Crippen LogP contribution in [0.25, 0.3) is 0 Å². The highest BCUT2D eigenvalue weighted by Crippen LogP contribution is 2.15. The maximum absolute atomic E-state index is 10.2. The lowest BCUT2D eigenvalue weighted by molar-refractivity contribution is 0.172. The van der Waals surface area contributed by atoms with Gasteiger partial charge in [-0.3, -0.25) is 4.98 Å². The molecule has 3 rings (SSSR count). The Morgan fingerprint density at radius 3 is 2.71 bits per heavy atom. The van der Waals surface area contributed by atoms with E-state index in [0.29, 0.717) is 25.3 Å². The van der Waals surface area contributed by atoms with Crippen LogP contribution < -0.4 is 4.74 Å². The van der Waals surface area contributed by atoms with Crippen molar-refractivity contribution in [3.8, 4) is 5.75 Å². The van der Waals surface area contributed by atoms with Crippen LogP contribution in [-0.2, 0) is 13.0 Å².